The van der Waals surface area contributed by atoms with Gasteiger partial charge in [-0.15, -0.1) is 0 Å². The molecular weight excluding hydrogens is 386 g/mol. The van der Waals surface area contributed by atoms with Gasteiger partial charge < -0.3 is 5.32 Å². The highest BCUT2D eigenvalue weighted by Crippen LogP contribution is 2.21. The predicted octanol–water partition coefficient (Wildman–Crippen LogP) is 3.70. The summed E-state index contributed by atoms with van der Waals surface area (Å²) in [7, 11) is 0. The summed E-state index contributed by atoms with van der Waals surface area (Å²) in [4.78, 5) is 24.1. The smallest absolute Gasteiger partial charge is 0.237 e. The first-order valence-corrected chi connectivity index (χ1v) is 10.7. The number of pyridine rings is 1. The maximum absolute atomic E-state index is 12.8. The van der Waals surface area contributed by atoms with Crippen molar-refractivity contribution in [1.82, 2.24) is 24.8 Å². The van der Waals surface area contributed by atoms with Gasteiger partial charge in [-0.25, -0.2) is 9.97 Å². The van der Waals surface area contributed by atoms with E-state index in [1.165, 1.54) is 5.56 Å². The molecule has 1 unspecified atom stereocenters. The third-order valence-corrected chi connectivity index (χ3v) is 5.87. The van der Waals surface area contributed by atoms with Crippen molar-refractivity contribution >= 4 is 16.9 Å². The molecule has 1 atom stereocenters. The number of para-hydroxylation sites is 2. The number of rotatable bonds is 6. The highest BCUT2D eigenvalue weighted by atomic mass is 16.2. The SMILES string of the molecule is O=C(NCc1ccc(-n2cnc3ccccc32)nc1)C1CCCN1Cc1ccccc1. The summed E-state index contributed by atoms with van der Waals surface area (Å²) in [5.41, 5.74) is 4.19. The van der Waals surface area contributed by atoms with Crippen LogP contribution in [0.4, 0.5) is 0 Å². The molecule has 0 spiro atoms. The van der Waals surface area contributed by atoms with E-state index < -0.39 is 0 Å². The number of benzene rings is 2. The number of aromatic nitrogens is 3. The fourth-order valence-corrected chi connectivity index (χ4v) is 4.24. The summed E-state index contributed by atoms with van der Waals surface area (Å²) in [6.07, 6.45) is 5.57. The minimum Gasteiger partial charge on any atom is -0.351 e. The van der Waals surface area contributed by atoms with Crippen molar-refractivity contribution in [2.45, 2.75) is 32.0 Å². The van der Waals surface area contributed by atoms with Crippen LogP contribution in [-0.4, -0.2) is 37.9 Å². The van der Waals surface area contributed by atoms with Crippen LogP contribution in [0.25, 0.3) is 16.9 Å². The number of hydrogen-bond acceptors (Lipinski definition) is 4. The first kappa shape index (κ1) is 19.5. The fraction of sp³-hybridized carbons (Fsp3) is 0.240. The Morgan fingerprint density at radius 3 is 2.65 bits per heavy atom. The highest BCUT2D eigenvalue weighted by Gasteiger charge is 2.30. The average molecular weight is 412 g/mol. The van der Waals surface area contributed by atoms with Crippen molar-refractivity contribution in [3.05, 3.63) is 90.4 Å². The fourth-order valence-electron chi connectivity index (χ4n) is 4.24. The normalized spacial score (nSPS) is 16.6. The molecule has 1 fully saturated rings. The maximum Gasteiger partial charge on any atom is 0.237 e. The molecule has 4 aromatic rings. The van der Waals surface area contributed by atoms with Gasteiger partial charge in [0.2, 0.25) is 5.91 Å². The number of fused-ring (bicyclic) bond motifs is 1. The molecular formula is C25H25N5O. The van der Waals surface area contributed by atoms with Crippen LogP contribution in [0.15, 0.2) is 79.3 Å². The van der Waals surface area contributed by atoms with Crippen LogP contribution < -0.4 is 5.32 Å². The third kappa shape index (κ3) is 4.20. The quantitative estimate of drug-likeness (QED) is 0.526. The van der Waals surface area contributed by atoms with Gasteiger partial charge in [-0.05, 0) is 48.7 Å². The first-order valence-electron chi connectivity index (χ1n) is 10.7. The molecule has 156 valence electrons. The van der Waals surface area contributed by atoms with Crippen LogP contribution in [0.1, 0.15) is 24.0 Å². The van der Waals surface area contributed by atoms with Crippen molar-refractivity contribution < 1.29 is 4.79 Å². The van der Waals surface area contributed by atoms with Crippen molar-refractivity contribution in [3.8, 4) is 5.82 Å². The summed E-state index contributed by atoms with van der Waals surface area (Å²) in [5.74, 6) is 0.909. The summed E-state index contributed by atoms with van der Waals surface area (Å²) in [5, 5.41) is 3.10. The molecule has 2 aromatic carbocycles. The highest BCUT2D eigenvalue weighted by molar-refractivity contribution is 5.82. The molecule has 6 heteroatoms. The standard InChI is InChI=1S/C25H25N5O/c31-25(23-11-6-14-29(23)17-19-7-2-1-3-8-19)27-16-20-12-13-24(26-15-20)30-18-28-21-9-4-5-10-22(21)30/h1-5,7-10,12-13,15,18,23H,6,11,14,16-17H2,(H,27,31). The second kappa shape index (κ2) is 8.70. The Morgan fingerprint density at radius 1 is 0.968 bits per heavy atom. The first-order chi connectivity index (χ1) is 15.3. The topological polar surface area (TPSA) is 63.1 Å². The number of hydrogen-bond donors (Lipinski definition) is 1. The van der Waals surface area contributed by atoms with E-state index in [0.717, 1.165) is 48.3 Å². The van der Waals surface area contributed by atoms with Gasteiger partial charge in [0.05, 0.1) is 17.1 Å². The Balaban J connectivity index is 1.21. The zero-order valence-corrected chi connectivity index (χ0v) is 17.3. The summed E-state index contributed by atoms with van der Waals surface area (Å²) >= 11 is 0. The van der Waals surface area contributed by atoms with E-state index in [-0.39, 0.29) is 11.9 Å². The van der Waals surface area contributed by atoms with E-state index in [9.17, 15) is 4.79 Å². The molecule has 0 aliphatic carbocycles. The van der Waals surface area contributed by atoms with Crippen molar-refractivity contribution in [2.24, 2.45) is 0 Å². The van der Waals surface area contributed by atoms with Gasteiger partial charge in [0.15, 0.2) is 0 Å². The average Bonchev–Trinajstić information content (AvgIpc) is 3.46. The molecule has 1 aliphatic rings. The molecule has 2 aromatic heterocycles. The Hall–Kier alpha value is -3.51. The molecule has 3 heterocycles. The van der Waals surface area contributed by atoms with E-state index in [4.69, 9.17) is 0 Å². The Kier molecular flexibility index (Phi) is 5.46. The molecule has 1 aliphatic heterocycles. The zero-order chi connectivity index (χ0) is 21.0. The molecule has 0 bridgehead atoms. The third-order valence-electron chi connectivity index (χ3n) is 5.87. The van der Waals surface area contributed by atoms with Crippen LogP contribution in [0, 0.1) is 0 Å². The lowest BCUT2D eigenvalue weighted by Gasteiger charge is -2.23. The molecule has 31 heavy (non-hydrogen) atoms. The number of carbonyl (C=O) groups is 1. The lowest BCUT2D eigenvalue weighted by atomic mass is 10.1. The lowest BCUT2D eigenvalue weighted by molar-refractivity contribution is -0.125. The second-order valence-electron chi connectivity index (χ2n) is 7.96. The number of amides is 1. The Morgan fingerprint density at radius 2 is 1.81 bits per heavy atom. The van der Waals surface area contributed by atoms with E-state index in [2.05, 4.69) is 32.3 Å². The van der Waals surface area contributed by atoms with Crippen LogP contribution in [0.3, 0.4) is 0 Å². The minimum absolute atomic E-state index is 0.0650. The van der Waals surface area contributed by atoms with Crippen molar-refractivity contribution in [1.29, 1.82) is 0 Å². The molecule has 0 radical (unpaired) electrons. The molecule has 1 saturated heterocycles. The van der Waals surface area contributed by atoms with Gasteiger partial charge in [0, 0.05) is 19.3 Å². The Labute approximate surface area is 181 Å². The van der Waals surface area contributed by atoms with Crippen LogP contribution in [0.2, 0.25) is 0 Å². The van der Waals surface area contributed by atoms with Gasteiger partial charge >= 0.3 is 0 Å². The van der Waals surface area contributed by atoms with Gasteiger partial charge in [0.1, 0.15) is 12.1 Å². The number of carbonyl (C=O) groups excluding carboxylic acids is 1. The Bertz CT molecular complexity index is 1170. The van der Waals surface area contributed by atoms with E-state index >= 15 is 0 Å². The number of nitrogens with zero attached hydrogens (tertiary/aromatic N) is 4. The minimum atomic E-state index is -0.0650. The largest absolute Gasteiger partial charge is 0.351 e. The van der Waals surface area contributed by atoms with Gasteiger partial charge in [-0.1, -0.05) is 48.5 Å². The van der Waals surface area contributed by atoms with Gasteiger partial charge in [-0.2, -0.15) is 0 Å². The van der Waals surface area contributed by atoms with Crippen LogP contribution >= 0.6 is 0 Å². The molecule has 1 N–H and O–H groups in total. The van der Waals surface area contributed by atoms with Crippen molar-refractivity contribution in [3.63, 3.8) is 0 Å². The number of imidazole rings is 1. The predicted molar refractivity (Wildman–Crippen MR) is 121 cm³/mol. The maximum atomic E-state index is 12.8. The van der Waals surface area contributed by atoms with E-state index in [1.54, 1.807) is 6.33 Å². The summed E-state index contributed by atoms with van der Waals surface area (Å²) in [6.45, 7) is 2.25. The van der Waals surface area contributed by atoms with Gasteiger partial charge in [0.25, 0.3) is 0 Å². The monoisotopic (exact) mass is 411 g/mol. The molecule has 6 nitrogen and oxygen atoms in total. The summed E-state index contributed by atoms with van der Waals surface area (Å²) in [6, 6.07) is 22.2. The number of likely N-dealkylation sites (tertiary alicyclic amines) is 1. The van der Waals surface area contributed by atoms with Crippen LogP contribution in [0.5, 0.6) is 0 Å². The van der Waals surface area contributed by atoms with Crippen LogP contribution in [-0.2, 0) is 17.9 Å². The van der Waals surface area contributed by atoms with Gasteiger partial charge in [-0.3, -0.25) is 14.3 Å². The lowest BCUT2D eigenvalue weighted by Crippen LogP contribution is -2.42. The number of nitrogens with one attached hydrogen (secondary N) is 1. The second-order valence-corrected chi connectivity index (χ2v) is 7.96. The van der Waals surface area contributed by atoms with E-state index in [1.807, 2.05) is 65.4 Å². The molecule has 1 amide bonds. The molecule has 0 saturated carbocycles. The summed E-state index contributed by atoms with van der Waals surface area (Å²) < 4.78 is 1.97. The zero-order valence-electron chi connectivity index (χ0n) is 17.3. The van der Waals surface area contributed by atoms with E-state index in [0.29, 0.717) is 6.54 Å². The van der Waals surface area contributed by atoms with Crippen molar-refractivity contribution in [2.75, 3.05) is 6.54 Å². The molecule has 5 rings (SSSR count).